The van der Waals surface area contributed by atoms with Gasteiger partial charge in [0.05, 0.1) is 10.5 Å². The van der Waals surface area contributed by atoms with E-state index in [1.165, 1.54) is 4.68 Å². The Hall–Kier alpha value is -0.885. The van der Waals surface area contributed by atoms with E-state index in [1.807, 2.05) is 0 Å². The van der Waals surface area contributed by atoms with Crippen molar-refractivity contribution in [3.63, 3.8) is 0 Å². The van der Waals surface area contributed by atoms with Gasteiger partial charge in [-0.05, 0) is 22.4 Å². The first-order valence-electron chi connectivity index (χ1n) is 4.06. The number of aromatic nitrogens is 2. The minimum atomic E-state index is -0.470. The molecular weight excluding hydrogens is 253 g/mol. The Labute approximate surface area is 89.6 Å². The Kier molecular flexibility index (Phi) is 3.65. The number of nitrogens with zero attached hydrogens (tertiary/aromatic N) is 3. The van der Waals surface area contributed by atoms with E-state index >= 15 is 0 Å². The SMILES string of the molecule is Bc1c([N+](=O)[O-])c(Br)nn1CCCO. The third-order valence-electron chi connectivity index (χ3n) is 1.84. The number of nitro groups is 1. The molecule has 0 spiro atoms. The lowest BCUT2D eigenvalue weighted by Gasteiger charge is -2.00. The van der Waals surface area contributed by atoms with Crippen molar-refractivity contribution in [1.82, 2.24) is 9.78 Å². The largest absolute Gasteiger partial charge is 0.396 e. The zero-order valence-corrected chi connectivity index (χ0v) is 9.19. The lowest BCUT2D eigenvalue weighted by atomic mass is 10.0. The van der Waals surface area contributed by atoms with E-state index in [0.29, 0.717) is 18.6 Å². The number of hydrogen-bond acceptors (Lipinski definition) is 4. The molecule has 0 amide bonds. The van der Waals surface area contributed by atoms with Crippen molar-refractivity contribution in [2.45, 2.75) is 13.0 Å². The molecule has 0 aliphatic rings. The van der Waals surface area contributed by atoms with Crippen LogP contribution in [-0.2, 0) is 6.54 Å². The van der Waals surface area contributed by atoms with Crippen molar-refractivity contribution in [2.75, 3.05) is 6.61 Å². The van der Waals surface area contributed by atoms with Crippen LogP contribution in [-0.4, -0.2) is 34.3 Å². The molecule has 0 fully saturated rings. The molecular formula is C6H9BBrN3O3. The fourth-order valence-electron chi connectivity index (χ4n) is 1.15. The van der Waals surface area contributed by atoms with E-state index in [4.69, 9.17) is 5.11 Å². The smallest absolute Gasteiger partial charge is 0.314 e. The molecule has 6 nitrogen and oxygen atoms in total. The third-order valence-corrected chi connectivity index (χ3v) is 2.38. The molecule has 0 radical (unpaired) electrons. The van der Waals surface area contributed by atoms with Crippen LogP contribution in [0.3, 0.4) is 0 Å². The second-order valence-electron chi connectivity index (χ2n) is 2.78. The Bertz CT molecular complexity index is 354. The number of aryl methyl sites for hydroxylation is 1. The van der Waals surface area contributed by atoms with E-state index in [9.17, 15) is 10.1 Å². The standard InChI is InChI=1S/C6H9BBrN3O3/c7-5-4(11(13)14)6(8)9-10(5)2-1-3-12/h12H,1-3,7H2. The number of aliphatic hydroxyl groups excluding tert-OH is 1. The van der Waals surface area contributed by atoms with Gasteiger partial charge in [0.1, 0.15) is 0 Å². The first kappa shape index (κ1) is 11.2. The van der Waals surface area contributed by atoms with Crippen molar-refractivity contribution in [3.8, 4) is 0 Å². The van der Waals surface area contributed by atoms with Crippen molar-refractivity contribution in [1.29, 1.82) is 0 Å². The Balaban J connectivity index is 2.98. The summed E-state index contributed by atoms with van der Waals surface area (Å²) in [6.45, 7) is 0.527. The quantitative estimate of drug-likeness (QED) is 0.437. The maximum absolute atomic E-state index is 10.6. The van der Waals surface area contributed by atoms with Crippen LogP contribution >= 0.6 is 15.9 Å². The summed E-state index contributed by atoms with van der Waals surface area (Å²) in [4.78, 5) is 10.1. The van der Waals surface area contributed by atoms with Gasteiger partial charge in [0.15, 0.2) is 7.85 Å². The minimum absolute atomic E-state index is 0.0112. The summed E-state index contributed by atoms with van der Waals surface area (Å²) in [5, 5.41) is 23.2. The summed E-state index contributed by atoms with van der Waals surface area (Å²) in [6, 6.07) is 0. The highest BCUT2D eigenvalue weighted by Crippen LogP contribution is 2.19. The highest BCUT2D eigenvalue weighted by atomic mass is 79.9. The van der Waals surface area contributed by atoms with E-state index in [-0.39, 0.29) is 16.9 Å². The Morgan fingerprint density at radius 2 is 2.36 bits per heavy atom. The van der Waals surface area contributed by atoms with Crippen LogP contribution < -0.4 is 5.59 Å². The molecule has 0 aromatic carbocycles. The summed E-state index contributed by atoms with van der Waals surface area (Å²) in [7, 11) is 1.63. The van der Waals surface area contributed by atoms with Gasteiger partial charge in [-0.3, -0.25) is 14.8 Å². The first-order chi connectivity index (χ1) is 6.57. The second kappa shape index (κ2) is 4.56. The minimum Gasteiger partial charge on any atom is -0.396 e. The van der Waals surface area contributed by atoms with Crippen LogP contribution in [0.1, 0.15) is 6.42 Å². The van der Waals surface area contributed by atoms with E-state index in [2.05, 4.69) is 21.0 Å². The van der Waals surface area contributed by atoms with E-state index < -0.39 is 4.92 Å². The summed E-state index contributed by atoms with van der Waals surface area (Å²) < 4.78 is 1.75. The monoisotopic (exact) mass is 261 g/mol. The van der Waals surface area contributed by atoms with Gasteiger partial charge in [-0.1, -0.05) is 0 Å². The molecule has 0 atom stereocenters. The molecule has 0 unspecified atom stereocenters. The summed E-state index contributed by atoms with van der Waals surface area (Å²) in [5.41, 5.74) is 0.485. The van der Waals surface area contributed by atoms with Gasteiger partial charge in [-0.2, -0.15) is 5.10 Å². The summed E-state index contributed by atoms with van der Waals surface area (Å²) in [6.07, 6.45) is 0.534. The molecule has 1 heterocycles. The lowest BCUT2D eigenvalue weighted by molar-refractivity contribution is -0.384. The van der Waals surface area contributed by atoms with Crippen molar-refractivity contribution >= 4 is 35.1 Å². The molecule has 1 aromatic rings. The normalized spacial score (nSPS) is 10.4. The molecule has 14 heavy (non-hydrogen) atoms. The molecule has 76 valence electrons. The van der Waals surface area contributed by atoms with Gasteiger partial charge in [0.25, 0.3) is 0 Å². The topological polar surface area (TPSA) is 81.2 Å². The fraction of sp³-hybridized carbons (Fsp3) is 0.500. The zero-order valence-electron chi connectivity index (χ0n) is 7.60. The van der Waals surface area contributed by atoms with Gasteiger partial charge in [0.2, 0.25) is 4.60 Å². The van der Waals surface area contributed by atoms with Crippen LogP contribution in [0.4, 0.5) is 5.69 Å². The van der Waals surface area contributed by atoms with Crippen molar-refractivity contribution in [2.24, 2.45) is 0 Å². The molecule has 0 saturated heterocycles. The van der Waals surface area contributed by atoms with E-state index in [1.54, 1.807) is 7.85 Å². The maximum atomic E-state index is 10.6. The number of rotatable bonds is 4. The first-order valence-corrected chi connectivity index (χ1v) is 4.85. The van der Waals surface area contributed by atoms with Crippen molar-refractivity contribution < 1.29 is 10.0 Å². The summed E-state index contributed by atoms with van der Waals surface area (Å²) in [5.74, 6) is 0. The fourth-order valence-corrected chi connectivity index (χ4v) is 1.77. The van der Waals surface area contributed by atoms with Crippen LogP contribution in [0.15, 0.2) is 4.60 Å². The third kappa shape index (κ3) is 2.13. The molecule has 0 aliphatic carbocycles. The average molecular weight is 262 g/mol. The Morgan fingerprint density at radius 1 is 1.71 bits per heavy atom. The molecule has 1 aromatic heterocycles. The van der Waals surface area contributed by atoms with Crippen LogP contribution in [0.5, 0.6) is 0 Å². The van der Waals surface area contributed by atoms with Gasteiger partial charge < -0.3 is 5.11 Å². The highest BCUT2D eigenvalue weighted by Gasteiger charge is 2.22. The average Bonchev–Trinajstić information content (AvgIpc) is 2.38. The van der Waals surface area contributed by atoms with Gasteiger partial charge >= 0.3 is 5.69 Å². The van der Waals surface area contributed by atoms with Crippen LogP contribution in [0, 0.1) is 10.1 Å². The predicted octanol–water partition coefficient (Wildman–Crippen LogP) is -0.805. The van der Waals surface area contributed by atoms with Crippen molar-refractivity contribution in [3.05, 3.63) is 14.7 Å². The lowest BCUT2D eigenvalue weighted by Crippen LogP contribution is -2.21. The predicted molar refractivity (Wildman–Crippen MR) is 56.5 cm³/mol. The number of halogens is 1. The van der Waals surface area contributed by atoms with Gasteiger partial charge in [-0.25, -0.2) is 0 Å². The maximum Gasteiger partial charge on any atom is 0.314 e. The van der Waals surface area contributed by atoms with E-state index in [0.717, 1.165) is 0 Å². The Morgan fingerprint density at radius 3 is 2.79 bits per heavy atom. The molecule has 0 saturated carbocycles. The highest BCUT2D eigenvalue weighted by molar-refractivity contribution is 9.10. The van der Waals surface area contributed by atoms with Crippen LogP contribution in [0.2, 0.25) is 0 Å². The molecule has 0 aliphatic heterocycles. The molecule has 8 heteroatoms. The zero-order chi connectivity index (χ0) is 10.7. The van der Waals surface area contributed by atoms with Crippen LogP contribution in [0.25, 0.3) is 0 Å². The number of hydrogen-bond donors (Lipinski definition) is 1. The number of aliphatic hydroxyl groups is 1. The second-order valence-corrected chi connectivity index (χ2v) is 3.53. The molecule has 1 N–H and O–H groups in total. The molecule has 1 rings (SSSR count). The summed E-state index contributed by atoms with van der Waals surface area (Å²) >= 11 is 3.02. The van der Waals surface area contributed by atoms with Gasteiger partial charge in [-0.15, -0.1) is 0 Å². The molecule has 0 bridgehead atoms. The van der Waals surface area contributed by atoms with Gasteiger partial charge in [0, 0.05) is 13.2 Å².